The smallest absolute Gasteiger partial charge is 0.336 e. The van der Waals surface area contributed by atoms with Gasteiger partial charge >= 0.3 is 5.97 Å². The Morgan fingerprint density at radius 1 is 1.44 bits per heavy atom. The number of carboxylic acids is 1. The first-order valence-electron chi connectivity index (χ1n) is 4.73. The van der Waals surface area contributed by atoms with Crippen LogP contribution < -0.4 is 0 Å². The third-order valence-electron chi connectivity index (χ3n) is 2.28. The van der Waals surface area contributed by atoms with Gasteiger partial charge in [0.05, 0.1) is 11.7 Å². The third kappa shape index (κ3) is 2.81. The van der Waals surface area contributed by atoms with Gasteiger partial charge < -0.3 is 15.3 Å². The normalized spacial score (nSPS) is 14.5. The van der Waals surface area contributed by atoms with E-state index in [0.29, 0.717) is 0 Å². The van der Waals surface area contributed by atoms with E-state index in [1.54, 1.807) is 19.1 Å². The van der Waals surface area contributed by atoms with Gasteiger partial charge in [0.2, 0.25) is 0 Å². The quantitative estimate of drug-likeness (QED) is 0.734. The molecule has 2 unspecified atom stereocenters. The Kier molecular flexibility index (Phi) is 4.46. The van der Waals surface area contributed by atoms with Crippen molar-refractivity contribution in [3.05, 3.63) is 34.9 Å². The largest absolute Gasteiger partial charge is 0.478 e. The average molecular weight is 289 g/mol. The maximum Gasteiger partial charge on any atom is 0.336 e. The molecule has 0 bridgehead atoms. The van der Waals surface area contributed by atoms with E-state index in [9.17, 15) is 15.0 Å². The molecule has 16 heavy (non-hydrogen) atoms. The molecule has 3 N–H and O–H groups in total. The van der Waals surface area contributed by atoms with Crippen LogP contribution >= 0.6 is 15.9 Å². The SMILES string of the molecule is Cc1ccc(C(=O)O)c(C(O)C(O)CBr)c1. The first-order chi connectivity index (χ1) is 7.47. The first-order valence-corrected chi connectivity index (χ1v) is 5.85. The van der Waals surface area contributed by atoms with Gasteiger partial charge in [-0.05, 0) is 18.6 Å². The molecule has 1 aromatic carbocycles. The van der Waals surface area contributed by atoms with Crippen molar-refractivity contribution in [1.82, 2.24) is 0 Å². The van der Waals surface area contributed by atoms with Gasteiger partial charge in [0.25, 0.3) is 0 Å². The van der Waals surface area contributed by atoms with Gasteiger partial charge in [-0.1, -0.05) is 33.6 Å². The Labute approximate surface area is 102 Å². The van der Waals surface area contributed by atoms with E-state index in [1.165, 1.54) is 6.07 Å². The van der Waals surface area contributed by atoms with Crippen LogP contribution in [0.4, 0.5) is 0 Å². The molecule has 0 fully saturated rings. The molecule has 0 saturated heterocycles. The molecule has 1 rings (SSSR count). The zero-order valence-corrected chi connectivity index (χ0v) is 10.3. The number of carboxylic acid groups (broad SMARTS) is 1. The zero-order chi connectivity index (χ0) is 12.3. The predicted molar refractivity (Wildman–Crippen MR) is 62.9 cm³/mol. The fourth-order valence-electron chi connectivity index (χ4n) is 1.41. The Bertz CT molecular complexity index is 392. The van der Waals surface area contributed by atoms with Crippen LogP contribution in [-0.2, 0) is 0 Å². The van der Waals surface area contributed by atoms with Crippen LogP contribution in [0.25, 0.3) is 0 Å². The van der Waals surface area contributed by atoms with Crippen LogP contribution in [-0.4, -0.2) is 32.7 Å². The summed E-state index contributed by atoms with van der Waals surface area (Å²) in [6, 6.07) is 4.65. The number of carbonyl (C=O) groups is 1. The fourth-order valence-corrected chi connectivity index (χ4v) is 1.77. The summed E-state index contributed by atoms with van der Waals surface area (Å²) in [6.07, 6.45) is -2.23. The number of hydrogen-bond acceptors (Lipinski definition) is 3. The third-order valence-corrected chi connectivity index (χ3v) is 2.94. The summed E-state index contributed by atoms with van der Waals surface area (Å²) in [5, 5.41) is 28.4. The van der Waals surface area contributed by atoms with Crippen LogP contribution in [0.2, 0.25) is 0 Å². The minimum Gasteiger partial charge on any atom is -0.478 e. The number of hydrogen-bond donors (Lipinski definition) is 3. The molecule has 0 radical (unpaired) electrons. The zero-order valence-electron chi connectivity index (χ0n) is 8.72. The molecular weight excluding hydrogens is 276 g/mol. The lowest BCUT2D eigenvalue weighted by Gasteiger charge is -2.18. The molecule has 0 aliphatic carbocycles. The van der Waals surface area contributed by atoms with Crippen molar-refractivity contribution in [3.8, 4) is 0 Å². The molecular formula is C11H13BrO4. The Hall–Kier alpha value is -0.910. The standard InChI is InChI=1S/C11H13BrO4/c1-6-2-3-7(11(15)16)8(4-6)10(14)9(13)5-12/h2-4,9-10,13-14H,5H2,1H3,(H,15,16). The average Bonchev–Trinajstić information content (AvgIpc) is 2.26. The van der Waals surface area contributed by atoms with Gasteiger partial charge in [-0.3, -0.25) is 0 Å². The minimum atomic E-state index is -1.20. The summed E-state index contributed by atoms with van der Waals surface area (Å²) in [5.74, 6) is -1.11. The predicted octanol–water partition coefficient (Wildman–Crippen LogP) is 1.48. The van der Waals surface area contributed by atoms with Crippen LogP contribution in [0.5, 0.6) is 0 Å². The summed E-state index contributed by atoms with van der Waals surface area (Å²) in [5.41, 5.74) is 1.08. The van der Waals surface area contributed by atoms with E-state index < -0.39 is 18.2 Å². The summed E-state index contributed by atoms with van der Waals surface area (Å²) in [6.45, 7) is 1.79. The first kappa shape index (κ1) is 13.2. The molecule has 0 saturated carbocycles. The van der Waals surface area contributed by atoms with E-state index in [0.717, 1.165) is 5.56 Å². The molecule has 0 heterocycles. The number of aliphatic hydroxyl groups excluding tert-OH is 2. The van der Waals surface area contributed by atoms with Crippen molar-refractivity contribution < 1.29 is 20.1 Å². The second-order valence-corrected chi connectivity index (χ2v) is 4.21. The number of alkyl halides is 1. The van der Waals surface area contributed by atoms with Crippen molar-refractivity contribution in [1.29, 1.82) is 0 Å². The summed E-state index contributed by atoms with van der Waals surface area (Å²) in [4.78, 5) is 10.9. The summed E-state index contributed by atoms with van der Waals surface area (Å²) in [7, 11) is 0. The van der Waals surface area contributed by atoms with E-state index in [-0.39, 0.29) is 16.5 Å². The topological polar surface area (TPSA) is 77.8 Å². The number of aryl methyl sites for hydroxylation is 1. The lowest BCUT2D eigenvalue weighted by Crippen LogP contribution is -2.21. The van der Waals surface area contributed by atoms with Gasteiger partial charge in [-0.2, -0.15) is 0 Å². The van der Waals surface area contributed by atoms with E-state index in [2.05, 4.69) is 15.9 Å². The highest BCUT2D eigenvalue weighted by Gasteiger charge is 2.22. The van der Waals surface area contributed by atoms with E-state index >= 15 is 0 Å². The Balaban J connectivity index is 3.19. The number of aliphatic hydroxyl groups is 2. The minimum absolute atomic E-state index is 0.0121. The van der Waals surface area contributed by atoms with Gasteiger partial charge in [-0.25, -0.2) is 4.79 Å². The van der Waals surface area contributed by atoms with Gasteiger partial charge in [0.1, 0.15) is 6.10 Å². The van der Waals surface area contributed by atoms with Gasteiger partial charge in [0.15, 0.2) is 0 Å². The highest BCUT2D eigenvalue weighted by Crippen LogP contribution is 2.23. The lowest BCUT2D eigenvalue weighted by atomic mass is 9.97. The number of aromatic carboxylic acids is 1. The highest BCUT2D eigenvalue weighted by molar-refractivity contribution is 9.09. The molecule has 4 nitrogen and oxygen atoms in total. The Morgan fingerprint density at radius 2 is 2.06 bits per heavy atom. The fraction of sp³-hybridized carbons (Fsp3) is 0.364. The monoisotopic (exact) mass is 288 g/mol. The maximum atomic E-state index is 10.9. The van der Waals surface area contributed by atoms with Crippen molar-refractivity contribution in [2.45, 2.75) is 19.1 Å². The second kappa shape index (κ2) is 5.43. The molecule has 0 amide bonds. The van der Waals surface area contributed by atoms with Crippen LogP contribution in [0.3, 0.4) is 0 Å². The summed E-state index contributed by atoms with van der Waals surface area (Å²) >= 11 is 3.04. The lowest BCUT2D eigenvalue weighted by molar-refractivity contribution is 0.0327. The number of halogens is 1. The molecule has 0 spiro atoms. The molecule has 0 aliphatic heterocycles. The molecule has 2 atom stereocenters. The van der Waals surface area contributed by atoms with Gasteiger partial charge in [-0.15, -0.1) is 0 Å². The van der Waals surface area contributed by atoms with Crippen LogP contribution in [0, 0.1) is 6.92 Å². The highest BCUT2D eigenvalue weighted by atomic mass is 79.9. The molecule has 0 aromatic heterocycles. The van der Waals surface area contributed by atoms with Crippen LogP contribution in [0.1, 0.15) is 27.6 Å². The molecule has 88 valence electrons. The van der Waals surface area contributed by atoms with Crippen LogP contribution in [0.15, 0.2) is 18.2 Å². The van der Waals surface area contributed by atoms with Crippen molar-refractivity contribution in [2.24, 2.45) is 0 Å². The summed E-state index contributed by atoms with van der Waals surface area (Å²) < 4.78 is 0. The van der Waals surface area contributed by atoms with Gasteiger partial charge in [0, 0.05) is 5.33 Å². The molecule has 1 aromatic rings. The van der Waals surface area contributed by atoms with Crippen molar-refractivity contribution in [2.75, 3.05) is 5.33 Å². The van der Waals surface area contributed by atoms with E-state index in [4.69, 9.17) is 5.11 Å². The molecule has 0 aliphatic rings. The maximum absolute atomic E-state index is 10.9. The van der Waals surface area contributed by atoms with Crippen molar-refractivity contribution >= 4 is 21.9 Å². The number of benzene rings is 1. The Morgan fingerprint density at radius 3 is 2.56 bits per heavy atom. The second-order valence-electron chi connectivity index (χ2n) is 3.56. The van der Waals surface area contributed by atoms with Crippen molar-refractivity contribution in [3.63, 3.8) is 0 Å². The molecule has 5 heteroatoms. The van der Waals surface area contributed by atoms with E-state index in [1.807, 2.05) is 0 Å². The number of rotatable bonds is 4.